The molecule has 1 amide bonds. The second-order valence-corrected chi connectivity index (χ2v) is 3.77. The summed E-state index contributed by atoms with van der Waals surface area (Å²) in [6, 6.07) is 7.14. The van der Waals surface area contributed by atoms with Crippen molar-refractivity contribution in [2.75, 3.05) is 12.4 Å². The van der Waals surface area contributed by atoms with Crippen molar-refractivity contribution in [3.8, 4) is 5.75 Å². The molecule has 2 aromatic rings. The number of methoxy groups -OCH3 is 1. The first-order valence-electron chi connectivity index (χ1n) is 5.47. The van der Waals surface area contributed by atoms with Gasteiger partial charge in [0.25, 0.3) is 0 Å². The first kappa shape index (κ1) is 12.1. The predicted molar refractivity (Wildman–Crippen MR) is 66.4 cm³/mol. The topological polar surface area (TPSA) is 69.0 Å². The molecule has 94 valence electrons. The zero-order valence-electron chi connectivity index (χ0n) is 10.3. The minimum absolute atomic E-state index is 0.146. The Morgan fingerprint density at radius 2 is 2.11 bits per heavy atom. The molecule has 1 aromatic carbocycles. The minimum Gasteiger partial charge on any atom is -0.497 e. The highest BCUT2D eigenvalue weighted by molar-refractivity contribution is 5.90. The maximum Gasteiger partial charge on any atom is 0.246 e. The van der Waals surface area contributed by atoms with Crippen molar-refractivity contribution in [3.63, 3.8) is 0 Å². The number of carbonyl (C=O) groups excluding carboxylic acids is 1. The quantitative estimate of drug-likeness (QED) is 0.881. The number of nitrogens with zero attached hydrogens (tertiary/aromatic N) is 3. The van der Waals surface area contributed by atoms with E-state index in [0.717, 1.165) is 11.4 Å². The highest BCUT2D eigenvalue weighted by Gasteiger charge is 2.05. The van der Waals surface area contributed by atoms with Crippen molar-refractivity contribution in [2.24, 2.45) is 0 Å². The fraction of sp³-hybridized carbons (Fsp3) is 0.250. The van der Waals surface area contributed by atoms with Crippen molar-refractivity contribution >= 4 is 11.6 Å². The molecule has 0 unspecified atom stereocenters. The van der Waals surface area contributed by atoms with E-state index in [4.69, 9.17) is 4.74 Å². The largest absolute Gasteiger partial charge is 0.497 e. The first-order valence-corrected chi connectivity index (χ1v) is 5.47. The van der Waals surface area contributed by atoms with E-state index in [1.807, 2.05) is 0 Å². The molecule has 0 spiro atoms. The molecule has 1 aromatic heterocycles. The van der Waals surface area contributed by atoms with Gasteiger partial charge in [-0.3, -0.25) is 4.79 Å². The Labute approximate surface area is 105 Å². The molecule has 0 aliphatic carbocycles. The third-order valence-electron chi connectivity index (χ3n) is 2.33. The highest BCUT2D eigenvalue weighted by Crippen LogP contribution is 2.14. The zero-order chi connectivity index (χ0) is 13.0. The van der Waals surface area contributed by atoms with Gasteiger partial charge < -0.3 is 10.1 Å². The minimum atomic E-state index is -0.148. The first-order chi connectivity index (χ1) is 8.67. The Hall–Kier alpha value is -2.37. The number of anilines is 1. The summed E-state index contributed by atoms with van der Waals surface area (Å²) in [5.74, 6) is 1.25. The van der Waals surface area contributed by atoms with E-state index in [1.54, 1.807) is 38.3 Å². The van der Waals surface area contributed by atoms with E-state index < -0.39 is 0 Å². The molecule has 1 heterocycles. The smallest absolute Gasteiger partial charge is 0.246 e. The van der Waals surface area contributed by atoms with Gasteiger partial charge in [0.2, 0.25) is 5.91 Å². The SMILES string of the molecule is COc1ccc(NC(=O)Cn2cnc(C)n2)cc1. The number of aryl methyl sites for hydroxylation is 1. The number of benzene rings is 1. The van der Waals surface area contributed by atoms with Gasteiger partial charge >= 0.3 is 0 Å². The Morgan fingerprint density at radius 3 is 2.67 bits per heavy atom. The van der Waals surface area contributed by atoms with Gasteiger partial charge in [0.05, 0.1) is 7.11 Å². The molecule has 0 atom stereocenters. The molecule has 2 rings (SSSR count). The van der Waals surface area contributed by atoms with Crippen LogP contribution < -0.4 is 10.1 Å². The van der Waals surface area contributed by atoms with E-state index in [1.165, 1.54) is 11.0 Å². The summed E-state index contributed by atoms with van der Waals surface area (Å²) in [6.07, 6.45) is 1.53. The predicted octanol–water partition coefficient (Wildman–Crippen LogP) is 1.23. The number of aromatic nitrogens is 3. The molecule has 0 bridgehead atoms. The van der Waals surface area contributed by atoms with Gasteiger partial charge in [0.15, 0.2) is 0 Å². The summed E-state index contributed by atoms with van der Waals surface area (Å²) in [4.78, 5) is 15.7. The number of amides is 1. The molecule has 0 aliphatic heterocycles. The van der Waals surface area contributed by atoms with E-state index in [9.17, 15) is 4.79 Å². The van der Waals surface area contributed by atoms with Crippen LogP contribution in [0.2, 0.25) is 0 Å². The van der Waals surface area contributed by atoms with E-state index in [-0.39, 0.29) is 12.5 Å². The lowest BCUT2D eigenvalue weighted by atomic mass is 10.3. The number of rotatable bonds is 4. The Bertz CT molecular complexity index is 533. The highest BCUT2D eigenvalue weighted by atomic mass is 16.5. The lowest BCUT2D eigenvalue weighted by Gasteiger charge is -2.06. The van der Waals surface area contributed by atoms with Crippen LogP contribution in [0.25, 0.3) is 0 Å². The normalized spacial score (nSPS) is 10.1. The molecule has 6 heteroatoms. The van der Waals surface area contributed by atoms with E-state index in [0.29, 0.717) is 5.82 Å². The molecule has 1 N–H and O–H groups in total. The lowest BCUT2D eigenvalue weighted by Crippen LogP contribution is -2.19. The molecular weight excluding hydrogens is 232 g/mol. The third-order valence-corrected chi connectivity index (χ3v) is 2.33. The van der Waals surface area contributed by atoms with Gasteiger partial charge in [-0.15, -0.1) is 0 Å². The number of ether oxygens (including phenoxy) is 1. The average molecular weight is 246 g/mol. The van der Waals surface area contributed by atoms with Gasteiger partial charge in [-0.05, 0) is 31.2 Å². The number of carbonyl (C=O) groups is 1. The van der Waals surface area contributed by atoms with Crippen LogP contribution in [0.1, 0.15) is 5.82 Å². The summed E-state index contributed by atoms with van der Waals surface area (Å²) in [5, 5.41) is 6.81. The van der Waals surface area contributed by atoms with Crippen LogP contribution in [-0.2, 0) is 11.3 Å². The standard InChI is InChI=1S/C12H14N4O2/c1-9-13-8-16(15-9)7-12(17)14-10-3-5-11(18-2)6-4-10/h3-6,8H,7H2,1-2H3,(H,14,17). The summed E-state index contributed by atoms with van der Waals surface area (Å²) in [5.41, 5.74) is 0.720. The van der Waals surface area contributed by atoms with E-state index in [2.05, 4.69) is 15.4 Å². The molecule has 0 saturated heterocycles. The van der Waals surface area contributed by atoms with Crippen LogP contribution in [0.15, 0.2) is 30.6 Å². The zero-order valence-corrected chi connectivity index (χ0v) is 10.3. The van der Waals surface area contributed by atoms with Crippen LogP contribution >= 0.6 is 0 Å². The van der Waals surface area contributed by atoms with Gasteiger partial charge in [0, 0.05) is 5.69 Å². The maximum absolute atomic E-state index is 11.7. The summed E-state index contributed by atoms with van der Waals surface area (Å²) >= 11 is 0. The van der Waals surface area contributed by atoms with Crippen LogP contribution in [0, 0.1) is 6.92 Å². The van der Waals surface area contributed by atoms with Crippen LogP contribution in [0.5, 0.6) is 5.75 Å². The number of hydrogen-bond acceptors (Lipinski definition) is 4. The maximum atomic E-state index is 11.7. The third kappa shape index (κ3) is 3.07. The summed E-state index contributed by atoms with van der Waals surface area (Å²) < 4.78 is 6.53. The van der Waals surface area contributed by atoms with Gasteiger partial charge in [-0.1, -0.05) is 0 Å². The molecule has 0 saturated carbocycles. The molecule has 0 radical (unpaired) electrons. The van der Waals surface area contributed by atoms with Gasteiger partial charge in [0.1, 0.15) is 24.4 Å². The van der Waals surface area contributed by atoms with Crippen molar-refractivity contribution in [1.29, 1.82) is 0 Å². The summed E-state index contributed by atoms with van der Waals surface area (Å²) in [6.45, 7) is 1.92. The molecule has 0 fully saturated rings. The van der Waals surface area contributed by atoms with Crippen LogP contribution in [0.3, 0.4) is 0 Å². The molecular formula is C12H14N4O2. The van der Waals surface area contributed by atoms with Crippen molar-refractivity contribution in [3.05, 3.63) is 36.4 Å². The second kappa shape index (κ2) is 5.31. The van der Waals surface area contributed by atoms with Crippen molar-refractivity contribution in [1.82, 2.24) is 14.8 Å². The molecule has 18 heavy (non-hydrogen) atoms. The number of hydrogen-bond donors (Lipinski definition) is 1. The number of nitrogens with one attached hydrogen (secondary N) is 1. The monoisotopic (exact) mass is 246 g/mol. The molecule has 0 aliphatic rings. The van der Waals surface area contributed by atoms with Gasteiger partial charge in [-0.2, -0.15) is 5.10 Å². The Morgan fingerprint density at radius 1 is 1.39 bits per heavy atom. The second-order valence-electron chi connectivity index (χ2n) is 3.77. The van der Waals surface area contributed by atoms with Crippen LogP contribution in [0.4, 0.5) is 5.69 Å². The average Bonchev–Trinajstić information content (AvgIpc) is 2.75. The Balaban J connectivity index is 1.94. The fourth-order valence-corrected chi connectivity index (χ4v) is 1.49. The summed E-state index contributed by atoms with van der Waals surface area (Å²) in [7, 11) is 1.60. The van der Waals surface area contributed by atoms with Crippen LogP contribution in [-0.4, -0.2) is 27.8 Å². The Kier molecular flexibility index (Phi) is 3.57. The van der Waals surface area contributed by atoms with Gasteiger partial charge in [-0.25, -0.2) is 9.67 Å². The van der Waals surface area contributed by atoms with Crippen molar-refractivity contribution < 1.29 is 9.53 Å². The van der Waals surface area contributed by atoms with E-state index >= 15 is 0 Å². The lowest BCUT2D eigenvalue weighted by molar-refractivity contribution is -0.116. The molecule has 6 nitrogen and oxygen atoms in total. The fourth-order valence-electron chi connectivity index (χ4n) is 1.49. The van der Waals surface area contributed by atoms with Crippen molar-refractivity contribution in [2.45, 2.75) is 13.5 Å².